The number of nitrogens with one attached hydrogen (secondary N) is 1. The second kappa shape index (κ2) is 7.76. The van der Waals surface area contributed by atoms with Gasteiger partial charge >= 0.3 is 0 Å². The Bertz CT molecular complexity index is 1190. The van der Waals surface area contributed by atoms with Gasteiger partial charge in [0.15, 0.2) is 5.78 Å². The van der Waals surface area contributed by atoms with Crippen molar-refractivity contribution in [1.82, 2.24) is 19.7 Å². The lowest BCUT2D eigenvalue weighted by atomic mass is 10.0. The fourth-order valence-electron chi connectivity index (χ4n) is 3.62. The van der Waals surface area contributed by atoms with E-state index in [1.54, 1.807) is 36.3 Å². The molecule has 2 aromatic heterocycles. The van der Waals surface area contributed by atoms with Crippen molar-refractivity contribution in [3.8, 4) is 12.3 Å². The van der Waals surface area contributed by atoms with E-state index >= 15 is 0 Å². The first-order chi connectivity index (χ1) is 13.8. The SMILES string of the molecule is C#CCNC(=O)C(=O)c1c(C)c(C(=O)Cc2ccc3c(cnn3C)c2)n(C)c1C. The van der Waals surface area contributed by atoms with E-state index in [9.17, 15) is 14.4 Å². The highest BCUT2D eigenvalue weighted by Crippen LogP contribution is 2.24. The van der Waals surface area contributed by atoms with Gasteiger partial charge in [0.1, 0.15) is 0 Å². The lowest BCUT2D eigenvalue weighted by Gasteiger charge is -2.06. The summed E-state index contributed by atoms with van der Waals surface area (Å²) in [4.78, 5) is 37.7. The first-order valence-corrected chi connectivity index (χ1v) is 9.12. The van der Waals surface area contributed by atoms with Crippen LogP contribution in [0.4, 0.5) is 0 Å². The van der Waals surface area contributed by atoms with Crippen LogP contribution in [0.2, 0.25) is 0 Å². The fraction of sp³-hybridized carbons (Fsp3) is 0.273. The van der Waals surface area contributed by atoms with Crippen molar-refractivity contribution in [1.29, 1.82) is 0 Å². The third-order valence-corrected chi connectivity index (χ3v) is 5.15. The maximum Gasteiger partial charge on any atom is 0.293 e. The van der Waals surface area contributed by atoms with Crippen molar-refractivity contribution in [2.75, 3.05) is 6.54 Å². The Morgan fingerprint density at radius 3 is 2.62 bits per heavy atom. The summed E-state index contributed by atoms with van der Waals surface area (Å²) in [5.74, 6) is 0.665. The van der Waals surface area contributed by atoms with Crippen LogP contribution in [0.25, 0.3) is 10.9 Å². The molecule has 7 heteroatoms. The van der Waals surface area contributed by atoms with Crippen LogP contribution in [0.15, 0.2) is 24.4 Å². The van der Waals surface area contributed by atoms with Gasteiger partial charge < -0.3 is 9.88 Å². The minimum Gasteiger partial charge on any atom is -0.345 e. The molecule has 0 saturated carbocycles. The highest BCUT2D eigenvalue weighted by atomic mass is 16.2. The smallest absolute Gasteiger partial charge is 0.293 e. The molecule has 0 saturated heterocycles. The first-order valence-electron chi connectivity index (χ1n) is 9.12. The van der Waals surface area contributed by atoms with Crippen LogP contribution >= 0.6 is 0 Å². The molecule has 0 spiro atoms. The number of amides is 1. The van der Waals surface area contributed by atoms with Crippen LogP contribution in [-0.2, 0) is 25.3 Å². The van der Waals surface area contributed by atoms with Crippen LogP contribution < -0.4 is 5.32 Å². The summed E-state index contributed by atoms with van der Waals surface area (Å²) in [6.45, 7) is 3.37. The summed E-state index contributed by atoms with van der Waals surface area (Å²) < 4.78 is 3.44. The quantitative estimate of drug-likeness (QED) is 0.396. The van der Waals surface area contributed by atoms with Crippen LogP contribution in [-0.4, -0.2) is 38.4 Å². The standard InChI is InChI=1S/C22H22N4O3/c1-6-9-23-22(29)21(28)19-13(2)20(25(4)14(19)3)18(27)11-15-7-8-17-16(10-15)12-24-26(17)5/h1,7-8,10,12H,9,11H2,2-5H3,(H,23,29). The number of carbonyl (C=O) groups excluding carboxylic acids is 3. The molecule has 2 heterocycles. The Morgan fingerprint density at radius 1 is 1.21 bits per heavy atom. The van der Waals surface area contributed by atoms with Crippen LogP contribution in [0.3, 0.4) is 0 Å². The van der Waals surface area contributed by atoms with Gasteiger partial charge in [-0.25, -0.2) is 0 Å². The predicted molar refractivity (Wildman–Crippen MR) is 110 cm³/mol. The van der Waals surface area contributed by atoms with Crippen LogP contribution in [0, 0.1) is 26.2 Å². The Labute approximate surface area is 168 Å². The van der Waals surface area contributed by atoms with Crippen molar-refractivity contribution in [2.24, 2.45) is 14.1 Å². The third-order valence-electron chi connectivity index (χ3n) is 5.15. The topological polar surface area (TPSA) is 86.0 Å². The van der Waals surface area contributed by atoms with E-state index in [0.29, 0.717) is 17.0 Å². The number of rotatable bonds is 6. The minimum absolute atomic E-state index is 0.0297. The molecule has 0 aliphatic heterocycles. The Hall–Kier alpha value is -3.66. The molecular formula is C22H22N4O3. The zero-order chi connectivity index (χ0) is 21.3. The molecule has 1 N–H and O–H groups in total. The first kappa shape index (κ1) is 20.1. The third kappa shape index (κ3) is 3.57. The second-order valence-electron chi connectivity index (χ2n) is 6.97. The van der Waals surface area contributed by atoms with E-state index < -0.39 is 11.7 Å². The lowest BCUT2D eigenvalue weighted by Crippen LogP contribution is -2.31. The minimum atomic E-state index is -0.777. The Morgan fingerprint density at radius 2 is 1.93 bits per heavy atom. The van der Waals surface area contributed by atoms with Gasteiger partial charge in [0.25, 0.3) is 11.7 Å². The number of aryl methyl sites for hydroxylation is 1. The van der Waals surface area contributed by atoms with E-state index in [2.05, 4.69) is 16.3 Å². The second-order valence-corrected chi connectivity index (χ2v) is 6.97. The molecule has 29 heavy (non-hydrogen) atoms. The number of hydrogen-bond acceptors (Lipinski definition) is 4. The van der Waals surface area contributed by atoms with Crippen molar-refractivity contribution in [2.45, 2.75) is 20.3 Å². The summed E-state index contributed by atoms with van der Waals surface area (Å²) in [5, 5.41) is 7.55. The molecule has 0 unspecified atom stereocenters. The number of terminal acetylenes is 1. The van der Waals surface area contributed by atoms with Gasteiger partial charge in [-0.2, -0.15) is 5.10 Å². The van der Waals surface area contributed by atoms with Crippen molar-refractivity contribution < 1.29 is 14.4 Å². The molecule has 1 amide bonds. The van der Waals surface area contributed by atoms with Gasteiger partial charge in [-0.05, 0) is 37.1 Å². The number of aromatic nitrogens is 3. The summed E-state index contributed by atoms with van der Waals surface area (Å²) in [6.07, 6.45) is 7.06. The molecule has 3 rings (SSSR count). The van der Waals surface area contributed by atoms with E-state index in [1.165, 1.54) is 0 Å². The number of hydrogen-bond donors (Lipinski definition) is 1. The monoisotopic (exact) mass is 390 g/mol. The van der Waals surface area contributed by atoms with Gasteiger partial charge in [0, 0.05) is 31.6 Å². The lowest BCUT2D eigenvalue weighted by molar-refractivity contribution is -0.116. The molecule has 0 atom stereocenters. The van der Waals surface area contributed by atoms with Gasteiger partial charge in [0.05, 0.1) is 29.5 Å². The van der Waals surface area contributed by atoms with Crippen LogP contribution in [0.5, 0.6) is 0 Å². The van der Waals surface area contributed by atoms with Gasteiger partial charge in [-0.15, -0.1) is 6.42 Å². The van der Waals surface area contributed by atoms with E-state index in [4.69, 9.17) is 6.42 Å². The molecule has 0 bridgehead atoms. The normalized spacial score (nSPS) is 10.7. The van der Waals surface area contributed by atoms with E-state index in [1.807, 2.05) is 25.2 Å². The summed E-state index contributed by atoms with van der Waals surface area (Å²) in [5.41, 5.74) is 3.56. The van der Waals surface area contributed by atoms with Gasteiger partial charge in [0.2, 0.25) is 0 Å². The summed E-state index contributed by atoms with van der Waals surface area (Å²) in [6, 6.07) is 5.76. The molecule has 0 aliphatic rings. The fourth-order valence-corrected chi connectivity index (χ4v) is 3.62. The van der Waals surface area contributed by atoms with Crippen molar-refractivity contribution in [3.05, 3.63) is 52.5 Å². The summed E-state index contributed by atoms with van der Waals surface area (Å²) >= 11 is 0. The molecule has 3 aromatic rings. The number of carbonyl (C=O) groups is 3. The number of fused-ring (bicyclic) bond motifs is 1. The Balaban J connectivity index is 1.91. The van der Waals surface area contributed by atoms with E-state index in [-0.39, 0.29) is 24.3 Å². The molecule has 7 nitrogen and oxygen atoms in total. The van der Waals surface area contributed by atoms with Gasteiger partial charge in [-0.1, -0.05) is 12.0 Å². The van der Waals surface area contributed by atoms with Crippen molar-refractivity contribution >= 4 is 28.4 Å². The molecular weight excluding hydrogens is 368 g/mol. The average molecular weight is 390 g/mol. The predicted octanol–water partition coefficient (Wildman–Crippen LogP) is 1.89. The number of ketones is 2. The molecule has 0 radical (unpaired) electrons. The summed E-state index contributed by atoms with van der Waals surface area (Å²) in [7, 11) is 3.58. The zero-order valence-electron chi connectivity index (χ0n) is 16.9. The maximum absolute atomic E-state index is 13.0. The molecule has 0 aliphatic carbocycles. The zero-order valence-corrected chi connectivity index (χ0v) is 16.9. The van der Waals surface area contributed by atoms with Crippen LogP contribution in [0.1, 0.15) is 37.7 Å². The highest BCUT2D eigenvalue weighted by Gasteiger charge is 2.28. The number of nitrogens with zero attached hydrogens (tertiary/aromatic N) is 3. The maximum atomic E-state index is 13.0. The van der Waals surface area contributed by atoms with Crippen molar-refractivity contribution in [3.63, 3.8) is 0 Å². The Kier molecular flexibility index (Phi) is 5.37. The van der Waals surface area contributed by atoms with Gasteiger partial charge in [-0.3, -0.25) is 19.1 Å². The average Bonchev–Trinajstić information content (AvgIpc) is 3.16. The van der Waals surface area contributed by atoms with E-state index in [0.717, 1.165) is 16.5 Å². The number of benzene rings is 1. The largest absolute Gasteiger partial charge is 0.345 e. The number of Topliss-reactive ketones (excluding diaryl/α,β-unsaturated/α-hetero) is 2. The molecule has 148 valence electrons. The molecule has 0 fully saturated rings. The highest BCUT2D eigenvalue weighted by molar-refractivity contribution is 6.43. The molecule has 1 aromatic carbocycles.